The first-order valence-corrected chi connectivity index (χ1v) is 8.70. The van der Waals surface area contributed by atoms with Gasteiger partial charge in [-0.2, -0.15) is 0 Å². The Morgan fingerprint density at radius 2 is 2.10 bits per heavy atom. The highest BCUT2D eigenvalue weighted by Crippen LogP contribution is 2.48. The minimum absolute atomic E-state index is 0.0428. The molecule has 1 aliphatic carbocycles. The summed E-state index contributed by atoms with van der Waals surface area (Å²) in [5, 5.41) is 0.319. The summed E-state index contributed by atoms with van der Waals surface area (Å²) in [6.07, 6.45) is 2.91. The molecule has 0 spiro atoms. The molecule has 0 bridgehead atoms. The molecule has 0 unspecified atom stereocenters. The number of nitrogens with one attached hydrogen (secondary N) is 1. The Morgan fingerprint density at radius 3 is 2.67 bits per heavy atom. The third kappa shape index (κ3) is 3.88. The molecule has 21 heavy (non-hydrogen) atoms. The summed E-state index contributed by atoms with van der Waals surface area (Å²) in [7, 11) is -1.96. The molecule has 0 atom stereocenters. The van der Waals surface area contributed by atoms with Gasteiger partial charge in [-0.25, -0.2) is 13.1 Å². The predicted octanol–water partition coefficient (Wildman–Crippen LogP) is 2.33. The van der Waals surface area contributed by atoms with E-state index in [1.54, 1.807) is 20.1 Å². The van der Waals surface area contributed by atoms with Crippen molar-refractivity contribution in [1.82, 2.24) is 4.72 Å². The van der Waals surface area contributed by atoms with E-state index in [0.29, 0.717) is 29.4 Å². The molecule has 0 aliphatic heterocycles. The molecule has 5 nitrogen and oxygen atoms in total. The molecule has 0 amide bonds. The van der Waals surface area contributed by atoms with Crippen LogP contribution in [0.2, 0.25) is 5.02 Å². The molecule has 2 rings (SSSR count). The number of rotatable bonds is 7. The summed E-state index contributed by atoms with van der Waals surface area (Å²) in [5.41, 5.74) is 6.73. The summed E-state index contributed by atoms with van der Waals surface area (Å²) in [6, 6.07) is 2.99. The molecule has 1 saturated carbocycles. The van der Waals surface area contributed by atoms with Gasteiger partial charge in [-0.3, -0.25) is 0 Å². The molecule has 7 heteroatoms. The van der Waals surface area contributed by atoms with Crippen LogP contribution in [0.25, 0.3) is 0 Å². The Bertz CT molecular complexity index is 627. The number of hydrogen-bond donors (Lipinski definition) is 2. The molecule has 0 heterocycles. The average Bonchev–Trinajstić information content (AvgIpc) is 3.19. The highest BCUT2D eigenvalue weighted by Gasteiger charge is 2.42. The Kier molecular flexibility index (Phi) is 4.82. The number of halogens is 1. The summed E-state index contributed by atoms with van der Waals surface area (Å²) in [6.45, 7) is 2.74. The summed E-state index contributed by atoms with van der Waals surface area (Å²) >= 11 is 5.91. The number of hydrogen-bond acceptors (Lipinski definition) is 4. The third-order valence-electron chi connectivity index (χ3n) is 4.09. The zero-order chi connectivity index (χ0) is 15.7. The van der Waals surface area contributed by atoms with E-state index in [9.17, 15) is 8.42 Å². The standard InChI is InChI=1S/C14H21ClN2O3S/c1-10-12(16)7-11(15)8-13(10)21(18,19)17-9-14(3-4-14)5-6-20-2/h7-8,17H,3-6,9,16H2,1-2H3. The van der Waals surface area contributed by atoms with Gasteiger partial charge < -0.3 is 10.5 Å². The van der Waals surface area contributed by atoms with Crippen molar-refractivity contribution in [3.8, 4) is 0 Å². The second-order valence-electron chi connectivity index (χ2n) is 5.69. The van der Waals surface area contributed by atoms with E-state index in [1.165, 1.54) is 6.07 Å². The van der Waals surface area contributed by atoms with Crippen LogP contribution >= 0.6 is 11.6 Å². The number of benzene rings is 1. The van der Waals surface area contributed by atoms with Crippen LogP contribution in [-0.4, -0.2) is 28.7 Å². The van der Waals surface area contributed by atoms with Crippen molar-refractivity contribution in [2.45, 2.75) is 31.1 Å². The summed E-state index contributed by atoms with van der Waals surface area (Å²) in [4.78, 5) is 0.148. The normalized spacial score (nSPS) is 16.9. The van der Waals surface area contributed by atoms with Crippen LogP contribution in [0.4, 0.5) is 5.69 Å². The highest BCUT2D eigenvalue weighted by atomic mass is 35.5. The molecule has 1 aromatic rings. The molecule has 0 radical (unpaired) electrons. The zero-order valence-corrected chi connectivity index (χ0v) is 13.9. The maximum Gasteiger partial charge on any atom is 0.240 e. The Balaban J connectivity index is 2.13. The molecule has 3 N–H and O–H groups in total. The molecule has 1 fully saturated rings. The van der Waals surface area contributed by atoms with Crippen molar-refractivity contribution in [1.29, 1.82) is 0 Å². The van der Waals surface area contributed by atoms with E-state index in [2.05, 4.69) is 4.72 Å². The largest absolute Gasteiger partial charge is 0.398 e. The van der Waals surface area contributed by atoms with E-state index >= 15 is 0 Å². The molecular weight excluding hydrogens is 312 g/mol. The lowest BCUT2D eigenvalue weighted by molar-refractivity contribution is 0.173. The molecule has 0 saturated heterocycles. The van der Waals surface area contributed by atoms with Crippen LogP contribution < -0.4 is 10.5 Å². The highest BCUT2D eigenvalue weighted by molar-refractivity contribution is 7.89. The maximum atomic E-state index is 12.4. The fourth-order valence-corrected chi connectivity index (χ4v) is 4.04. The van der Waals surface area contributed by atoms with Crippen molar-refractivity contribution in [2.24, 2.45) is 5.41 Å². The van der Waals surface area contributed by atoms with Gasteiger partial charge in [0, 0.05) is 31.0 Å². The van der Waals surface area contributed by atoms with Crippen LogP contribution in [0.15, 0.2) is 17.0 Å². The molecular formula is C14H21ClN2O3S. The van der Waals surface area contributed by atoms with Gasteiger partial charge in [0.05, 0.1) is 4.90 Å². The van der Waals surface area contributed by atoms with Crippen LogP contribution in [-0.2, 0) is 14.8 Å². The first kappa shape index (κ1) is 16.5. The zero-order valence-electron chi connectivity index (χ0n) is 12.3. The molecule has 0 aromatic heterocycles. The van der Waals surface area contributed by atoms with Gasteiger partial charge in [0.1, 0.15) is 0 Å². The van der Waals surface area contributed by atoms with Crippen LogP contribution in [0, 0.1) is 12.3 Å². The molecule has 118 valence electrons. The quantitative estimate of drug-likeness (QED) is 0.751. The topological polar surface area (TPSA) is 81.4 Å². The number of nitrogen functional groups attached to an aromatic ring is 1. The Hall–Kier alpha value is -0.820. The second kappa shape index (κ2) is 6.12. The smallest absolute Gasteiger partial charge is 0.240 e. The first-order chi connectivity index (χ1) is 9.80. The lowest BCUT2D eigenvalue weighted by Gasteiger charge is -2.17. The minimum Gasteiger partial charge on any atom is -0.398 e. The minimum atomic E-state index is -3.61. The fourth-order valence-electron chi connectivity index (χ4n) is 2.29. The van der Waals surface area contributed by atoms with E-state index in [4.69, 9.17) is 22.1 Å². The maximum absolute atomic E-state index is 12.4. The van der Waals surface area contributed by atoms with Crippen LogP contribution in [0.5, 0.6) is 0 Å². The van der Waals surface area contributed by atoms with Gasteiger partial charge in [-0.1, -0.05) is 11.6 Å². The Labute approximate surface area is 130 Å². The number of methoxy groups -OCH3 is 1. The van der Waals surface area contributed by atoms with Gasteiger partial charge in [-0.05, 0) is 49.3 Å². The number of ether oxygens (including phenoxy) is 1. The predicted molar refractivity (Wildman–Crippen MR) is 83.9 cm³/mol. The van der Waals surface area contributed by atoms with Gasteiger partial charge in [0.2, 0.25) is 10.0 Å². The van der Waals surface area contributed by atoms with E-state index in [0.717, 1.165) is 19.3 Å². The number of sulfonamides is 1. The van der Waals surface area contributed by atoms with E-state index in [-0.39, 0.29) is 10.3 Å². The van der Waals surface area contributed by atoms with Crippen LogP contribution in [0.1, 0.15) is 24.8 Å². The summed E-state index contributed by atoms with van der Waals surface area (Å²) < 4.78 is 32.7. The molecule has 1 aliphatic rings. The van der Waals surface area contributed by atoms with Crippen molar-refractivity contribution in [3.05, 3.63) is 22.7 Å². The third-order valence-corrected chi connectivity index (χ3v) is 5.83. The van der Waals surface area contributed by atoms with Crippen molar-refractivity contribution in [3.63, 3.8) is 0 Å². The number of anilines is 1. The van der Waals surface area contributed by atoms with Gasteiger partial charge >= 0.3 is 0 Å². The van der Waals surface area contributed by atoms with E-state index in [1.807, 2.05) is 0 Å². The fraction of sp³-hybridized carbons (Fsp3) is 0.571. The van der Waals surface area contributed by atoms with Crippen molar-refractivity contribution < 1.29 is 13.2 Å². The van der Waals surface area contributed by atoms with Gasteiger partial charge in [0.25, 0.3) is 0 Å². The first-order valence-electron chi connectivity index (χ1n) is 6.84. The lowest BCUT2D eigenvalue weighted by Crippen LogP contribution is -2.31. The van der Waals surface area contributed by atoms with E-state index < -0.39 is 10.0 Å². The van der Waals surface area contributed by atoms with Crippen molar-refractivity contribution in [2.75, 3.05) is 26.0 Å². The summed E-state index contributed by atoms with van der Waals surface area (Å²) in [5.74, 6) is 0. The van der Waals surface area contributed by atoms with Crippen molar-refractivity contribution >= 4 is 27.3 Å². The monoisotopic (exact) mass is 332 g/mol. The number of nitrogens with two attached hydrogens (primary N) is 1. The molecule has 1 aromatic carbocycles. The SMILES string of the molecule is COCCC1(CNS(=O)(=O)c2cc(Cl)cc(N)c2C)CC1. The average molecular weight is 333 g/mol. The lowest BCUT2D eigenvalue weighted by atomic mass is 10.0. The van der Waals surface area contributed by atoms with Crippen LogP contribution in [0.3, 0.4) is 0 Å². The van der Waals surface area contributed by atoms with Gasteiger partial charge in [0.15, 0.2) is 0 Å². The second-order valence-corrected chi connectivity index (χ2v) is 7.86. The van der Waals surface area contributed by atoms with Gasteiger partial charge in [-0.15, -0.1) is 0 Å². The Morgan fingerprint density at radius 1 is 1.43 bits per heavy atom.